The molecular weight excluding hydrogens is 424 g/mol. The topological polar surface area (TPSA) is 59.8 Å². The molecule has 4 rings (SSSR count). The number of nitrogens with zero attached hydrogens (tertiary/aromatic N) is 3. The van der Waals surface area contributed by atoms with E-state index in [-0.39, 0.29) is 11.2 Å². The number of aromatic nitrogens is 3. The van der Waals surface area contributed by atoms with Crippen LogP contribution in [0, 0.1) is 0 Å². The number of hydrogen-bond donors (Lipinski definition) is 1. The fraction of sp³-hybridized carbons (Fsp3) is 0.208. The number of hydrogen-bond acceptors (Lipinski definition) is 5. The summed E-state index contributed by atoms with van der Waals surface area (Å²) in [6.45, 7) is 6.19. The number of rotatable bonds is 7. The third-order valence-corrected chi connectivity index (χ3v) is 6.65. The molecule has 2 heterocycles. The van der Waals surface area contributed by atoms with Crippen molar-refractivity contribution in [1.29, 1.82) is 0 Å². The molecule has 0 saturated carbocycles. The Morgan fingerprint density at radius 3 is 2.39 bits per heavy atom. The number of amides is 1. The molecule has 0 aliphatic rings. The lowest BCUT2D eigenvalue weighted by Crippen LogP contribution is -2.22. The molecule has 5 nitrogen and oxygen atoms in total. The third-order valence-electron chi connectivity index (χ3n) is 4.92. The molecule has 158 valence electrons. The Labute approximate surface area is 190 Å². The average molecular weight is 449 g/mol. The maximum atomic E-state index is 12.8. The predicted octanol–water partition coefficient (Wildman–Crippen LogP) is 6.24. The first-order valence-corrected chi connectivity index (χ1v) is 12.0. The van der Waals surface area contributed by atoms with Crippen LogP contribution in [0.1, 0.15) is 32.3 Å². The number of carbonyl (C=O) groups excluding carboxylic acids is 1. The van der Waals surface area contributed by atoms with Gasteiger partial charge in [0, 0.05) is 22.3 Å². The van der Waals surface area contributed by atoms with Gasteiger partial charge in [-0.2, -0.15) is 11.3 Å². The summed E-state index contributed by atoms with van der Waals surface area (Å²) in [5, 5.41) is 16.3. The average Bonchev–Trinajstić information content (AvgIpc) is 3.44. The largest absolute Gasteiger partial charge is 0.325 e. The van der Waals surface area contributed by atoms with Crippen molar-refractivity contribution < 1.29 is 4.79 Å². The van der Waals surface area contributed by atoms with E-state index in [1.807, 2.05) is 65.4 Å². The maximum Gasteiger partial charge on any atom is 0.237 e. The normalized spacial score (nSPS) is 12.1. The Bertz CT molecular complexity index is 1140. The van der Waals surface area contributed by atoms with E-state index >= 15 is 0 Å². The lowest BCUT2D eigenvalue weighted by molar-refractivity contribution is -0.115. The number of nitrogens with one attached hydrogen (secondary N) is 1. The van der Waals surface area contributed by atoms with Crippen molar-refractivity contribution in [3.8, 4) is 17.1 Å². The summed E-state index contributed by atoms with van der Waals surface area (Å²) in [5.41, 5.74) is 4.02. The number of thioether (sulfide) groups is 1. The first kappa shape index (κ1) is 21.3. The molecule has 0 aliphatic heterocycles. The van der Waals surface area contributed by atoms with Gasteiger partial charge in [-0.1, -0.05) is 55.9 Å². The van der Waals surface area contributed by atoms with Crippen LogP contribution in [-0.4, -0.2) is 25.9 Å². The number of benzene rings is 2. The Morgan fingerprint density at radius 1 is 1.00 bits per heavy atom. The van der Waals surface area contributed by atoms with Gasteiger partial charge in [-0.25, -0.2) is 0 Å². The highest BCUT2D eigenvalue weighted by Crippen LogP contribution is 2.31. The van der Waals surface area contributed by atoms with Gasteiger partial charge in [0.2, 0.25) is 5.91 Å². The second kappa shape index (κ2) is 9.49. The highest BCUT2D eigenvalue weighted by molar-refractivity contribution is 8.00. The SMILES string of the molecule is CC(Sc1nnc(-c2ccsc2)n1-c1ccccc1)C(=O)Nc1ccc(C(C)C)cc1. The minimum atomic E-state index is -0.341. The van der Waals surface area contributed by atoms with Gasteiger partial charge < -0.3 is 5.32 Å². The molecule has 31 heavy (non-hydrogen) atoms. The highest BCUT2D eigenvalue weighted by atomic mass is 32.2. The summed E-state index contributed by atoms with van der Waals surface area (Å²) < 4.78 is 2.01. The van der Waals surface area contributed by atoms with Crippen molar-refractivity contribution in [2.45, 2.75) is 37.1 Å². The summed E-state index contributed by atoms with van der Waals surface area (Å²) in [7, 11) is 0. The monoisotopic (exact) mass is 448 g/mol. The van der Waals surface area contributed by atoms with Crippen molar-refractivity contribution >= 4 is 34.7 Å². The highest BCUT2D eigenvalue weighted by Gasteiger charge is 2.22. The molecule has 4 aromatic rings. The fourth-order valence-corrected chi connectivity index (χ4v) is 4.64. The lowest BCUT2D eigenvalue weighted by Gasteiger charge is -2.14. The van der Waals surface area contributed by atoms with Gasteiger partial charge >= 0.3 is 0 Å². The van der Waals surface area contributed by atoms with Gasteiger partial charge in [-0.3, -0.25) is 9.36 Å². The Balaban J connectivity index is 1.55. The first-order valence-electron chi connectivity index (χ1n) is 10.1. The Morgan fingerprint density at radius 2 is 1.74 bits per heavy atom. The Kier molecular flexibility index (Phi) is 6.53. The fourth-order valence-electron chi connectivity index (χ4n) is 3.14. The van der Waals surface area contributed by atoms with Crippen LogP contribution in [0.4, 0.5) is 5.69 Å². The second-order valence-corrected chi connectivity index (χ2v) is 9.60. The van der Waals surface area contributed by atoms with Crippen molar-refractivity contribution in [1.82, 2.24) is 14.8 Å². The van der Waals surface area contributed by atoms with Gasteiger partial charge in [0.05, 0.1) is 5.25 Å². The van der Waals surface area contributed by atoms with E-state index in [4.69, 9.17) is 0 Å². The summed E-state index contributed by atoms with van der Waals surface area (Å²) in [5.74, 6) is 1.16. The van der Waals surface area contributed by atoms with Crippen molar-refractivity contribution in [2.75, 3.05) is 5.32 Å². The standard InChI is InChI=1S/C24H24N4OS2/c1-16(2)18-9-11-20(12-10-18)25-23(29)17(3)31-24-27-26-22(19-13-14-30-15-19)28(24)21-7-5-4-6-8-21/h4-17H,1-3H3,(H,25,29). The quantitative estimate of drug-likeness (QED) is 0.340. The summed E-state index contributed by atoms with van der Waals surface area (Å²) in [6, 6.07) is 20.0. The number of anilines is 1. The van der Waals surface area contributed by atoms with Crippen LogP contribution in [-0.2, 0) is 4.79 Å². The number of para-hydroxylation sites is 1. The van der Waals surface area contributed by atoms with Crippen LogP contribution < -0.4 is 5.32 Å². The van der Waals surface area contributed by atoms with E-state index in [9.17, 15) is 4.79 Å². The van der Waals surface area contributed by atoms with E-state index in [0.29, 0.717) is 11.1 Å². The van der Waals surface area contributed by atoms with Crippen LogP contribution in [0.5, 0.6) is 0 Å². The van der Waals surface area contributed by atoms with E-state index in [1.165, 1.54) is 17.3 Å². The molecule has 0 bridgehead atoms. The molecule has 0 radical (unpaired) electrons. The minimum absolute atomic E-state index is 0.0676. The summed E-state index contributed by atoms with van der Waals surface area (Å²) in [4.78, 5) is 12.8. The van der Waals surface area contributed by atoms with E-state index in [1.54, 1.807) is 11.3 Å². The van der Waals surface area contributed by atoms with E-state index in [0.717, 1.165) is 22.8 Å². The van der Waals surface area contributed by atoms with Gasteiger partial charge in [0.15, 0.2) is 11.0 Å². The zero-order valence-corrected chi connectivity index (χ0v) is 19.3. The number of carbonyl (C=O) groups is 1. The van der Waals surface area contributed by atoms with Crippen LogP contribution in [0.3, 0.4) is 0 Å². The van der Waals surface area contributed by atoms with Gasteiger partial charge in [-0.05, 0) is 54.1 Å². The molecule has 2 aromatic carbocycles. The van der Waals surface area contributed by atoms with E-state index in [2.05, 4.69) is 46.9 Å². The molecule has 1 amide bonds. The Hall–Kier alpha value is -2.90. The van der Waals surface area contributed by atoms with Gasteiger partial charge in [-0.15, -0.1) is 10.2 Å². The molecule has 7 heteroatoms. The molecule has 0 saturated heterocycles. The molecule has 1 unspecified atom stereocenters. The molecular formula is C24H24N4OS2. The van der Waals surface area contributed by atoms with Crippen LogP contribution in [0.2, 0.25) is 0 Å². The van der Waals surface area contributed by atoms with Crippen LogP contribution in [0.25, 0.3) is 17.1 Å². The van der Waals surface area contributed by atoms with Gasteiger partial charge in [0.25, 0.3) is 0 Å². The third kappa shape index (κ3) is 4.89. The lowest BCUT2D eigenvalue weighted by atomic mass is 10.0. The number of thiophene rings is 1. The minimum Gasteiger partial charge on any atom is -0.325 e. The predicted molar refractivity (Wildman–Crippen MR) is 129 cm³/mol. The summed E-state index contributed by atoms with van der Waals surface area (Å²) in [6.07, 6.45) is 0. The zero-order valence-electron chi connectivity index (χ0n) is 17.6. The molecule has 1 atom stereocenters. The van der Waals surface area contributed by atoms with E-state index < -0.39 is 0 Å². The summed E-state index contributed by atoms with van der Waals surface area (Å²) >= 11 is 3.02. The molecule has 0 spiro atoms. The molecule has 0 aliphatic carbocycles. The zero-order chi connectivity index (χ0) is 21.8. The second-order valence-electron chi connectivity index (χ2n) is 7.52. The van der Waals surface area contributed by atoms with Crippen molar-refractivity contribution in [2.24, 2.45) is 0 Å². The van der Waals surface area contributed by atoms with Crippen molar-refractivity contribution in [3.63, 3.8) is 0 Å². The maximum absolute atomic E-state index is 12.8. The van der Waals surface area contributed by atoms with Gasteiger partial charge in [0.1, 0.15) is 0 Å². The molecule has 2 aromatic heterocycles. The smallest absolute Gasteiger partial charge is 0.237 e. The van der Waals surface area contributed by atoms with Crippen LogP contribution >= 0.6 is 23.1 Å². The molecule has 1 N–H and O–H groups in total. The van der Waals surface area contributed by atoms with Crippen LogP contribution in [0.15, 0.2) is 76.6 Å². The molecule has 0 fully saturated rings. The first-order chi connectivity index (χ1) is 15.0. The van der Waals surface area contributed by atoms with Crippen molar-refractivity contribution in [3.05, 3.63) is 77.0 Å².